The maximum Gasteiger partial charge on any atom is 0.263 e. The summed E-state index contributed by atoms with van der Waals surface area (Å²) in [5.74, 6) is 0.992. The van der Waals surface area contributed by atoms with Crippen LogP contribution in [0.25, 0.3) is 16.9 Å². The van der Waals surface area contributed by atoms with Crippen molar-refractivity contribution in [1.29, 1.82) is 0 Å². The van der Waals surface area contributed by atoms with Gasteiger partial charge in [0.25, 0.3) is 10.0 Å². The number of ether oxygens (including phenoxy) is 1. The minimum absolute atomic E-state index is 0.148. The van der Waals surface area contributed by atoms with Crippen LogP contribution in [0.1, 0.15) is 5.56 Å². The molecule has 0 saturated heterocycles. The summed E-state index contributed by atoms with van der Waals surface area (Å²) in [7, 11) is -2.27. The minimum Gasteiger partial charge on any atom is -0.497 e. The lowest BCUT2D eigenvalue weighted by Gasteiger charge is -2.10. The number of anilines is 1. The summed E-state index contributed by atoms with van der Waals surface area (Å²) in [4.78, 5) is 4.81. The van der Waals surface area contributed by atoms with E-state index >= 15 is 0 Å². The van der Waals surface area contributed by atoms with Crippen LogP contribution < -0.4 is 9.46 Å². The highest BCUT2D eigenvalue weighted by molar-refractivity contribution is 7.92. The van der Waals surface area contributed by atoms with E-state index in [-0.39, 0.29) is 4.90 Å². The lowest BCUT2D eigenvalue weighted by atomic mass is 10.1. The molecule has 0 aliphatic carbocycles. The molecule has 0 aliphatic heterocycles. The van der Waals surface area contributed by atoms with Gasteiger partial charge in [0.05, 0.1) is 12.0 Å². The average Bonchev–Trinajstić information content (AvgIpc) is 3.05. The largest absolute Gasteiger partial charge is 0.497 e. The van der Waals surface area contributed by atoms with Crippen LogP contribution >= 0.6 is 0 Å². The Labute approximate surface area is 163 Å². The zero-order chi connectivity index (χ0) is 19.7. The van der Waals surface area contributed by atoms with E-state index in [1.807, 2.05) is 55.6 Å². The highest BCUT2D eigenvalue weighted by Crippen LogP contribution is 2.31. The molecule has 4 aromatic rings. The molecule has 142 valence electrons. The molecule has 28 heavy (non-hydrogen) atoms. The van der Waals surface area contributed by atoms with Gasteiger partial charge in [0.1, 0.15) is 17.1 Å². The summed E-state index contributed by atoms with van der Waals surface area (Å²) in [6.45, 7) is 1.97. The number of aromatic nitrogens is 2. The summed E-state index contributed by atoms with van der Waals surface area (Å²) < 4.78 is 35.6. The maximum absolute atomic E-state index is 13.0. The number of benzene rings is 2. The second-order valence-corrected chi connectivity index (χ2v) is 8.07. The maximum atomic E-state index is 13.0. The third kappa shape index (κ3) is 3.32. The van der Waals surface area contributed by atoms with Crippen LogP contribution in [-0.2, 0) is 10.0 Å². The number of aryl methyl sites for hydroxylation is 1. The molecule has 0 spiro atoms. The number of rotatable bonds is 5. The van der Waals surface area contributed by atoms with Crippen LogP contribution in [0.5, 0.6) is 5.75 Å². The number of nitrogens with zero attached hydrogens (tertiary/aromatic N) is 2. The molecule has 0 radical (unpaired) electrons. The van der Waals surface area contributed by atoms with Gasteiger partial charge in [-0.05, 0) is 48.9 Å². The van der Waals surface area contributed by atoms with Crippen LogP contribution in [0.15, 0.2) is 77.8 Å². The molecule has 0 saturated carbocycles. The van der Waals surface area contributed by atoms with Crippen molar-refractivity contribution in [3.63, 3.8) is 0 Å². The third-order valence-corrected chi connectivity index (χ3v) is 5.78. The average molecular weight is 393 g/mol. The zero-order valence-electron chi connectivity index (χ0n) is 15.5. The van der Waals surface area contributed by atoms with Gasteiger partial charge in [-0.1, -0.05) is 30.3 Å². The molecule has 2 aromatic heterocycles. The molecule has 6 nitrogen and oxygen atoms in total. The summed E-state index contributed by atoms with van der Waals surface area (Å²) in [5.41, 5.74) is 3.12. The molecule has 0 fully saturated rings. The fourth-order valence-corrected chi connectivity index (χ4v) is 4.04. The molecule has 0 aliphatic rings. The molecule has 0 unspecified atom stereocenters. The number of hydrogen-bond acceptors (Lipinski definition) is 4. The number of fused-ring (bicyclic) bond motifs is 1. The first-order valence-corrected chi connectivity index (χ1v) is 10.2. The second-order valence-electron chi connectivity index (χ2n) is 6.39. The third-order valence-electron chi connectivity index (χ3n) is 4.43. The summed E-state index contributed by atoms with van der Waals surface area (Å²) in [5, 5.41) is 0. The first-order chi connectivity index (χ1) is 13.5. The Morgan fingerprint density at radius 3 is 2.39 bits per heavy atom. The summed E-state index contributed by atoms with van der Waals surface area (Å²) in [6, 6.07) is 19.6. The number of hydrogen-bond donors (Lipinski definition) is 1. The van der Waals surface area contributed by atoms with Gasteiger partial charge in [-0.2, -0.15) is 0 Å². The summed E-state index contributed by atoms with van der Waals surface area (Å²) >= 11 is 0. The number of pyridine rings is 1. The van der Waals surface area contributed by atoms with E-state index in [1.54, 1.807) is 16.5 Å². The molecule has 2 aromatic carbocycles. The van der Waals surface area contributed by atoms with Crippen molar-refractivity contribution in [3.05, 3.63) is 78.5 Å². The Bertz CT molecular complexity index is 1230. The number of nitrogens with one attached hydrogen (secondary N) is 1. The molecule has 4 rings (SSSR count). The van der Waals surface area contributed by atoms with Crippen molar-refractivity contribution in [2.45, 2.75) is 11.8 Å². The van der Waals surface area contributed by atoms with E-state index in [9.17, 15) is 8.42 Å². The van der Waals surface area contributed by atoms with Crippen molar-refractivity contribution in [2.75, 3.05) is 11.8 Å². The normalized spacial score (nSPS) is 11.5. The highest BCUT2D eigenvalue weighted by Gasteiger charge is 2.21. The highest BCUT2D eigenvalue weighted by atomic mass is 32.2. The van der Waals surface area contributed by atoms with E-state index in [1.165, 1.54) is 19.2 Å². The molecule has 1 N–H and O–H groups in total. The fraction of sp³-hybridized carbons (Fsp3) is 0.0952. The molecule has 7 heteroatoms. The zero-order valence-corrected chi connectivity index (χ0v) is 16.3. The predicted molar refractivity (Wildman–Crippen MR) is 109 cm³/mol. The van der Waals surface area contributed by atoms with Crippen molar-refractivity contribution in [2.24, 2.45) is 0 Å². The smallest absolute Gasteiger partial charge is 0.263 e. The van der Waals surface area contributed by atoms with Gasteiger partial charge >= 0.3 is 0 Å². The van der Waals surface area contributed by atoms with Gasteiger partial charge in [0.2, 0.25) is 0 Å². The van der Waals surface area contributed by atoms with Crippen LogP contribution in [0.2, 0.25) is 0 Å². The molecular formula is C21H19N3O3S. The number of sulfonamides is 1. The van der Waals surface area contributed by atoms with Crippen LogP contribution in [-0.4, -0.2) is 24.9 Å². The number of imidazole rings is 1. The van der Waals surface area contributed by atoms with E-state index in [2.05, 4.69) is 9.71 Å². The van der Waals surface area contributed by atoms with Gasteiger partial charge in [-0.15, -0.1) is 0 Å². The lowest BCUT2D eigenvalue weighted by Crippen LogP contribution is -2.15. The SMILES string of the molecule is COc1ccc(S(=O)(=O)Nc2c(-c3ccccc3)nc3cc(C)ccn23)cc1. The Hall–Kier alpha value is -3.32. The van der Waals surface area contributed by atoms with Crippen LogP contribution in [0, 0.1) is 6.92 Å². The second kappa shape index (κ2) is 7.01. The molecule has 0 bridgehead atoms. The van der Waals surface area contributed by atoms with Gasteiger partial charge in [0.15, 0.2) is 5.82 Å². The standard InChI is InChI=1S/C21H19N3O3S/c1-15-12-13-24-19(14-15)22-20(16-6-4-3-5-7-16)21(24)23-28(25,26)18-10-8-17(27-2)9-11-18/h3-14,23H,1-2H3. The van der Waals surface area contributed by atoms with Crippen LogP contribution in [0.4, 0.5) is 5.82 Å². The Morgan fingerprint density at radius 2 is 1.71 bits per heavy atom. The Balaban J connectivity index is 1.84. The quantitative estimate of drug-likeness (QED) is 0.554. The number of methoxy groups -OCH3 is 1. The van der Waals surface area contributed by atoms with Crippen LogP contribution in [0.3, 0.4) is 0 Å². The van der Waals surface area contributed by atoms with E-state index in [4.69, 9.17) is 4.74 Å². The predicted octanol–water partition coefficient (Wildman–Crippen LogP) is 4.12. The van der Waals surface area contributed by atoms with Crippen molar-refractivity contribution in [3.8, 4) is 17.0 Å². The van der Waals surface area contributed by atoms with E-state index in [0.29, 0.717) is 22.9 Å². The van der Waals surface area contributed by atoms with Gasteiger partial charge in [0, 0.05) is 11.8 Å². The minimum atomic E-state index is -3.81. The first kappa shape index (κ1) is 18.1. The molecule has 0 amide bonds. The summed E-state index contributed by atoms with van der Waals surface area (Å²) in [6.07, 6.45) is 1.82. The molecular weight excluding hydrogens is 374 g/mol. The monoisotopic (exact) mass is 393 g/mol. The Kier molecular flexibility index (Phi) is 4.52. The van der Waals surface area contributed by atoms with Crippen molar-refractivity contribution >= 4 is 21.5 Å². The van der Waals surface area contributed by atoms with E-state index < -0.39 is 10.0 Å². The fourth-order valence-electron chi connectivity index (χ4n) is 2.98. The first-order valence-electron chi connectivity index (χ1n) is 8.69. The van der Waals surface area contributed by atoms with Crippen molar-refractivity contribution in [1.82, 2.24) is 9.38 Å². The topological polar surface area (TPSA) is 72.7 Å². The van der Waals surface area contributed by atoms with Gasteiger partial charge < -0.3 is 4.74 Å². The lowest BCUT2D eigenvalue weighted by molar-refractivity contribution is 0.414. The van der Waals surface area contributed by atoms with Gasteiger partial charge in [-0.3, -0.25) is 9.12 Å². The molecule has 0 atom stereocenters. The van der Waals surface area contributed by atoms with Gasteiger partial charge in [-0.25, -0.2) is 13.4 Å². The Morgan fingerprint density at radius 1 is 1.00 bits per heavy atom. The van der Waals surface area contributed by atoms with Crippen molar-refractivity contribution < 1.29 is 13.2 Å². The molecule has 2 heterocycles. The van der Waals surface area contributed by atoms with E-state index in [0.717, 1.165) is 11.1 Å².